The third-order valence-corrected chi connectivity index (χ3v) is 14.6. The van der Waals surface area contributed by atoms with E-state index in [-0.39, 0.29) is 31.1 Å². The van der Waals surface area contributed by atoms with Crippen molar-refractivity contribution in [3.8, 4) is 0 Å². The van der Waals surface area contributed by atoms with E-state index < -0.39 is 6.10 Å². The highest BCUT2D eigenvalue weighted by atomic mass is 16.6. The van der Waals surface area contributed by atoms with E-state index in [1.165, 1.54) is 238 Å². The first kappa shape index (κ1) is 71.4. The number of carbonyl (C=O) groups excluding carboxylic acids is 3. The molecule has 0 radical (unpaired) electrons. The average Bonchev–Trinajstić information content (AvgIpc) is 3.40. The summed E-state index contributed by atoms with van der Waals surface area (Å²) in [5.41, 5.74) is 0. The predicted octanol–water partition coefficient (Wildman–Crippen LogP) is 22.2. The largest absolute Gasteiger partial charge is 0.462 e. The third-order valence-electron chi connectivity index (χ3n) is 14.6. The van der Waals surface area contributed by atoms with Crippen LogP contribution in [0.25, 0.3) is 0 Å². The summed E-state index contributed by atoms with van der Waals surface area (Å²) in [5, 5.41) is 0. The quantitative estimate of drug-likeness (QED) is 0.0261. The minimum Gasteiger partial charge on any atom is -0.462 e. The van der Waals surface area contributed by atoms with E-state index in [1.807, 2.05) is 0 Å². The van der Waals surface area contributed by atoms with Gasteiger partial charge in [-0.2, -0.15) is 0 Å². The number of ether oxygens (including phenoxy) is 3. The second-order valence-electron chi connectivity index (χ2n) is 22.0. The Bertz CT molecular complexity index is 1280. The minimum atomic E-state index is -0.775. The first-order chi connectivity index (χ1) is 36.5. The molecule has 0 bridgehead atoms. The second kappa shape index (κ2) is 62.9. The Morgan fingerprint density at radius 2 is 0.486 bits per heavy atom. The number of hydrogen-bond donors (Lipinski definition) is 0. The van der Waals surface area contributed by atoms with Gasteiger partial charge in [0.2, 0.25) is 0 Å². The summed E-state index contributed by atoms with van der Waals surface area (Å²) in [6, 6.07) is 0. The first-order valence-corrected chi connectivity index (χ1v) is 32.6. The zero-order valence-electron chi connectivity index (χ0n) is 49.6. The van der Waals surface area contributed by atoms with Crippen LogP contribution in [0.2, 0.25) is 0 Å². The van der Waals surface area contributed by atoms with Gasteiger partial charge in [-0.05, 0) is 83.5 Å². The molecule has 6 nitrogen and oxygen atoms in total. The van der Waals surface area contributed by atoms with Crippen molar-refractivity contribution in [1.82, 2.24) is 0 Å². The van der Waals surface area contributed by atoms with Crippen molar-refractivity contribution in [1.29, 1.82) is 0 Å². The molecule has 0 rings (SSSR count). The van der Waals surface area contributed by atoms with E-state index in [1.54, 1.807) is 0 Å². The normalized spacial score (nSPS) is 12.3. The summed E-state index contributed by atoms with van der Waals surface area (Å²) < 4.78 is 16.9. The lowest BCUT2D eigenvalue weighted by molar-refractivity contribution is -0.167. The summed E-state index contributed by atoms with van der Waals surface area (Å²) in [7, 11) is 0. The highest BCUT2D eigenvalue weighted by Crippen LogP contribution is 2.17. The van der Waals surface area contributed by atoms with E-state index in [9.17, 15) is 14.4 Å². The van der Waals surface area contributed by atoms with Gasteiger partial charge in [0.15, 0.2) is 6.10 Å². The van der Waals surface area contributed by atoms with Crippen LogP contribution >= 0.6 is 0 Å². The van der Waals surface area contributed by atoms with Crippen LogP contribution in [0.3, 0.4) is 0 Å². The number of hydrogen-bond acceptors (Lipinski definition) is 6. The van der Waals surface area contributed by atoms with Crippen LogP contribution in [-0.4, -0.2) is 37.2 Å². The molecule has 0 aromatic rings. The number of allylic oxidation sites excluding steroid dienone is 8. The van der Waals surface area contributed by atoms with Crippen LogP contribution in [-0.2, 0) is 28.6 Å². The van der Waals surface area contributed by atoms with Crippen molar-refractivity contribution in [2.75, 3.05) is 13.2 Å². The zero-order chi connectivity index (χ0) is 53.6. The van der Waals surface area contributed by atoms with Gasteiger partial charge in [-0.3, -0.25) is 14.4 Å². The van der Waals surface area contributed by atoms with Crippen LogP contribution in [0.1, 0.15) is 348 Å². The van der Waals surface area contributed by atoms with E-state index in [2.05, 4.69) is 69.4 Å². The number of carbonyl (C=O) groups is 3. The van der Waals surface area contributed by atoms with Crippen molar-refractivity contribution in [3.63, 3.8) is 0 Å². The van der Waals surface area contributed by atoms with Gasteiger partial charge in [0.25, 0.3) is 0 Å². The molecule has 0 aliphatic heterocycles. The predicted molar refractivity (Wildman–Crippen MR) is 321 cm³/mol. The Morgan fingerprint density at radius 1 is 0.270 bits per heavy atom. The highest BCUT2D eigenvalue weighted by Gasteiger charge is 2.19. The monoisotopic (exact) mass is 1040 g/mol. The lowest BCUT2D eigenvalue weighted by Gasteiger charge is -2.18. The summed E-state index contributed by atoms with van der Waals surface area (Å²) in [4.78, 5) is 38.3. The molecule has 0 aromatic heterocycles. The SMILES string of the molecule is CCCCCCC/C=C\C/C=C\C/C=C\CCCCCCCCCCCCC(=O)OCC(COC(=O)CCCCCCCCCCCCCCC)OC(=O)CCCCCCCCC/C=C\CCCCCCCCC. The molecule has 6 heteroatoms. The minimum absolute atomic E-state index is 0.0721. The lowest BCUT2D eigenvalue weighted by atomic mass is 10.0. The van der Waals surface area contributed by atoms with Crippen LogP contribution in [0, 0.1) is 0 Å². The Kier molecular flexibility index (Phi) is 60.7. The molecule has 74 heavy (non-hydrogen) atoms. The Morgan fingerprint density at radius 3 is 0.770 bits per heavy atom. The van der Waals surface area contributed by atoms with Gasteiger partial charge in [0, 0.05) is 19.3 Å². The average molecular weight is 1040 g/mol. The molecule has 0 saturated heterocycles. The molecule has 0 heterocycles. The Balaban J connectivity index is 4.29. The van der Waals surface area contributed by atoms with Gasteiger partial charge in [0.05, 0.1) is 0 Å². The topological polar surface area (TPSA) is 78.9 Å². The molecule has 0 spiro atoms. The fourth-order valence-electron chi connectivity index (χ4n) is 9.62. The summed E-state index contributed by atoms with van der Waals surface area (Å²) >= 11 is 0. The van der Waals surface area contributed by atoms with Gasteiger partial charge < -0.3 is 14.2 Å². The van der Waals surface area contributed by atoms with Crippen molar-refractivity contribution in [3.05, 3.63) is 48.6 Å². The number of unbranched alkanes of at least 4 members (excludes halogenated alkanes) is 41. The van der Waals surface area contributed by atoms with Crippen LogP contribution in [0.15, 0.2) is 48.6 Å². The van der Waals surface area contributed by atoms with Crippen molar-refractivity contribution < 1.29 is 28.6 Å². The van der Waals surface area contributed by atoms with Crippen molar-refractivity contribution in [2.45, 2.75) is 354 Å². The molecule has 0 fully saturated rings. The molecule has 1 atom stereocenters. The van der Waals surface area contributed by atoms with Crippen LogP contribution in [0.4, 0.5) is 0 Å². The first-order valence-electron chi connectivity index (χ1n) is 32.6. The van der Waals surface area contributed by atoms with E-state index in [4.69, 9.17) is 14.2 Å². The Labute approximate surface area is 460 Å². The van der Waals surface area contributed by atoms with Crippen molar-refractivity contribution >= 4 is 17.9 Å². The van der Waals surface area contributed by atoms with Crippen LogP contribution < -0.4 is 0 Å². The zero-order valence-corrected chi connectivity index (χ0v) is 49.6. The lowest BCUT2D eigenvalue weighted by Crippen LogP contribution is -2.30. The molecular weight excluding hydrogens is 913 g/mol. The van der Waals surface area contributed by atoms with Gasteiger partial charge in [-0.25, -0.2) is 0 Å². The summed E-state index contributed by atoms with van der Waals surface area (Å²) in [6.45, 7) is 6.67. The molecule has 0 aromatic carbocycles. The molecule has 0 amide bonds. The van der Waals surface area contributed by atoms with E-state index in [0.717, 1.165) is 70.6 Å². The number of rotatable bonds is 60. The fourth-order valence-corrected chi connectivity index (χ4v) is 9.62. The fraction of sp³-hybridized carbons (Fsp3) is 0.838. The van der Waals surface area contributed by atoms with Gasteiger partial charge in [-0.15, -0.1) is 0 Å². The maximum Gasteiger partial charge on any atom is 0.306 e. The third kappa shape index (κ3) is 60.2. The summed E-state index contributed by atoms with van der Waals surface area (Å²) in [5.74, 6) is -0.860. The van der Waals surface area contributed by atoms with Crippen molar-refractivity contribution in [2.24, 2.45) is 0 Å². The smallest absolute Gasteiger partial charge is 0.306 e. The van der Waals surface area contributed by atoms with E-state index >= 15 is 0 Å². The molecule has 0 N–H and O–H groups in total. The molecular formula is C68H124O6. The standard InChI is InChI=1S/C68H124O6/c1-4-7-10-13-16-19-22-25-27-29-31-32-33-34-35-36-37-39-40-43-46-49-52-55-58-61-67(70)73-64-65(63-72-66(69)60-57-54-51-48-45-42-24-21-18-15-12-9-6-3)74-68(71)62-59-56-53-50-47-44-41-38-30-28-26-23-20-17-14-11-8-5-2/h22,25,28-31,33-34,65H,4-21,23-24,26-27,32,35-64H2,1-3H3/b25-22-,30-28-,31-29-,34-33-. The molecule has 432 valence electrons. The van der Waals surface area contributed by atoms with Gasteiger partial charge in [0.1, 0.15) is 13.2 Å². The molecule has 0 saturated carbocycles. The second-order valence-corrected chi connectivity index (χ2v) is 22.0. The molecule has 1 unspecified atom stereocenters. The maximum absolute atomic E-state index is 12.9. The number of esters is 3. The maximum atomic E-state index is 12.9. The highest BCUT2D eigenvalue weighted by molar-refractivity contribution is 5.71. The van der Waals surface area contributed by atoms with Crippen LogP contribution in [0.5, 0.6) is 0 Å². The van der Waals surface area contributed by atoms with E-state index in [0.29, 0.717) is 19.3 Å². The summed E-state index contributed by atoms with van der Waals surface area (Å²) in [6.07, 6.45) is 78.3. The van der Waals surface area contributed by atoms with Gasteiger partial charge in [-0.1, -0.05) is 294 Å². The molecule has 0 aliphatic carbocycles. The van der Waals surface area contributed by atoms with Gasteiger partial charge >= 0.3 is 17.9 Å². The molecule has 0 aliphatic rings. The Hall–Kier alpha value is -2.63.